The molecule has 1 N–H and O–H groups in total. The van der Waals surface area contributed by atoms with Gasteiger partial charge in [0.25, 0.3) is 0 Å². The van der Waals surface area contributed by atoms with E-state index < -0.39 is 5.97 Å². The molecule has 0 aliphatic carbocycles. The highest BCUT2D eigenvalue weighted by molar-refractivity contribution is 5.66. The maximum atomic E-state index is 10.8. The van der Waals surface area contributed by atoms with Crippen LogP contribution in [0.3, 0.4) is 0 Å². The van der Waals surface area contributed by atoms with Crippen LogP contribution in [0.1, 0.15) is 62.3 Å². The van der Waals surface area contributed by atoms with Gasteiger partial charge in [-0.15, -0.1) is 0 Å². The van der Waals surface area contributed by atoms with Gasteiger partial charge in [0.1, 0.15) is 5.75 Å². The van der Waals surface area contributed by atoms with Gasteiger partial charge in [0, 0.05) is 23.7 Å². The van der Waals surface area contributed by atoms with Crippen LogP contribution in [0.15, 0.2) is 36.5 Å². The molecule has 2 aromatic rings. The molecule has 2 heterocycles. The van der Waals surface area contributed by atoms with Crippen LogP contribution in [0.5, 0.6) is 5.75 Å². The summed E-state index contributed by atoms with van der Waals surface area (Å²) in [6, 6.07) is 9.77. The van der Waals surface area contributed by atoms with E-state index >= 15 is 0 Å². The van der Waals surface area contributed by atoms with Crippen LogP contribution in [0.25, 0.3) is 0 Å². The standard InChI is InChI=1S/C22H24N2O3/c1-22(2)12-14-27-20-11-9-16(15-18(20)22)8-10-17(5-3-7-21(25)26)19-6-4-13-23-24-19/h4,6,9,11,13,15,17H,3,5,7,12,14H2,1-2H3,(H,25,26). The number of carboxylic acids is 1. The van der Waals surface area contributed by atoms with E-state index in [1.807, 2.05) is 24.3 Å². The summed E-state index contributed by atoms with van der Waals surface area (Å²) in [4.78, 5) is 10.8. The molecule has 0 amide bonds. The SMILES string of the molecule is CC1(C)CCOc2ccc(C#CC(CCCC(=O)O)c3cccnn3)cc21. The van der Waals surface area contributed by atoms with Crippen LogP contribution in [0.2, 0.25) is 0 Å². The van der Waals surface area contributed by atoms with E-state index in [0.29, 0.717) is 12.8 Å². The number of rotatable bonds is 5. The number of nitrogens with zero attached hydrogens (tertiary/aromatic N) is 2. The lowest BCUT2D eigenvalue weighted by molar-refractivity contribution is -0.137. The van der Waals surface area contributed by atoms with Crippen LogP contribution >= 0.6 is 0 Å². The lowest BCUT2D eigenvalue weighted by atomic mass is 9.79. The summed E-state index contributed by atoms with van der Waals surface area (Å²) >= 11 is 0. The second-order valence-corrected chi connectivity index (χ2v) is 7.45. The number of benzene rings is 1. The maximum absolute atomic E-state index is 10.8. The lowest BCUT2D eigenvalue weighted by Crippen LogP contribution is -2.26. The average molecular weight is 364 g/mol. The van der Waals surface area contributed by atoms with Crippen molar-refractivity contribution in [2.45, 2.75) is 50.9 Å². The summed E-state index contributed by atoms with van der Waals surface area (Å²) in [6.07, 6.45) is 3.92. The van der Waals surface area contributed by atoms with E-state index in [9.17, 15) is 4.79 Å². The van der Waals surface area contributed by atoms with E-state index in [0.717, 1.165) is 30.0 Å². The third-order valence-electron chi connectivity index (χ3n) is 4.92. The Morgan fingerprint density at radius 1 is 1.37 bits per heavy atom. The maximum Gasteiger partial charge on any atom is 0.303 e. The van der Waals surface area contributed by atoms with Gasteiger partial charge in [-0.05, 0) is 55.0 Å². The van der Waals surface area contributed by atoms with Crippen molar-refractivity contribution in [2.75, 3.05) is 6.61 Å². The number of carboxylic acid groups (broad SMARTS) is 1. The first kappa shape index (κ1) is 18.9. The van der Waals surface area contributed by atoms with Gasteiger partial charge in [0.2, 0.25) is 0 Å². The topological polar surface area (TPSA) is 72.3 Å². The minimum atomic E-state index is -0.794. The molecule has 1 aliphatic rings. The zero-order valence-electron chi connectivity index (χ0n) is 15.7. The fourth-order valence-electron chi connectivity index (χ4n) is 3.23. The zero-order chi connectivity index (χ0) is 19.3. The van der Waals surface area contributed by atoms with E-state index in [1.54, 1.807) is 6.20 Å². The van der Waals surface area contributed by atoms with Crippen LogP contribution in [-0.2, 0) is 10.2 Å². The van der Waals surface area contributed by atoms with Crippen molar-refractivity contribution in [3.63, 3.8) is 0 Å². The fraction of sp³-hybridized carbons (Fsp3) is 0.409. The number of fused-ring (bicyclic) bond motifs is 1. The molecule has 1 aliphatic heterocycles. The number of aromatic nitrogens is 2. The number of hydrogen-bond donors (Lipinski definition) is 1. The molecule has 0 saturated carbocycles. The lowest BCUT2D eigenvalue weighted by Gasteiger charge is -2.32. The monoisotopic (exact) mass is 364 g/mol. The second-order valence-electron chi connectivity index (χ2n) is 7.45. The quantitative estimate of drug-likeness (QED) is 0.814. The largest absolute Gasteiger partial charge is 0.493 e. The molecule has 5 nitrogen and oxygen atoms in total. The molecule has 1 unspecified atom stereocenters. The highest BCUT2D eigenvalue weighted by Crippen LogP contribution is 2.38. The Kier molecular flexibility index (Phi) is 5.75. The number of carbonyl (C=O) groups is 1. The molecule has 5 heteroatoms. The Morgan fingerprint density at radius 3 is 2.96 bits per heavy atom. The van der Waals surface area contributed by atoms with E-state index in [4.69, 9.17) is 9.84 Å². The Hall–Kier alpha value is -2.87. The normalized spacial score (nSPS) is 15.6. The van der Waals surface area contributed by atoms with Crippen molar-refractivity contribution in [2.24, 2.45) is 0 Å². The summed E-state index contributed by atoms with van der Waals surface area (Å²) in [5.41, 5.74) is 2.95. The van der Waals surface area contributed by atoms with Crippen LogP contribution in [0.4, 0.5) is 0 Å². The van der Waals surface area contributed by atoms with E-state index in [2.05, 4.69) is 42.0 Å². The van der Waals surface area contributed by atoms with Gasteiger partial charge < -0.3 is 9.84 Å². The minimum Gasteiger partial charge on any atom is -0.493 e. The molecule has 1 aromatic heterocycles. The van der Waals surface area contributed by atoms with Crippen molar-refractivity contribution in [1.29, 1.82) is 0 Å². The van der Waals surface area contributed by atoms with Crippen molar-refractivity contribution in [3.8, 4) is 17.6 Å². The molecule has 3 rings (SSSR count). The van der Waals surface area contributed by atoms with Crippen molar-refractivity contribution in [3.05, 3.63) is 53.3 Å². The van der Waals surface area contributed by atoms with Crippen LogP contribution < -0.4 is 4.74 Å². The Labute approximate surface area is 159 Å². The molecule has 0 spiro atoms. The number of aliphatic carboxylic acids is 1. The van der Waals surface area contributed by atoms with Crippen molar-refractivity contribution in [1.82, 2.24) is 10.2 Å². The predicted octanol–water partition coefficient (Wildman–Crippen LogP) is 3.93. The highest BCUT2D eigenvalue weighted by Gasteiger charge is 2.28. The van der Waals surface area contributed by atoms with Gasteiger partial charge in [-0.3, -0.25) is 4.79 Å². The minimum absolute atomic E-state index is 0.0665. The second kappa shape index (κ2) is 8.22. The summed E-state index contributed by atoms with van der Waals surface area (Å²) in [5, 5.41) is 17.0. The summed E-state index contributed by atoms with van der Waals surface area (Å²) in [5.74, 6) is 6.52. The average Bonchev–Trinajstić information content (AvgIpc) is 2.65. The number of ether oxygens (including phenoxy) is 1. The van der Waals surface area contributed by atoms with Gasteiger partial charge >= 0.3 is 5.97 Å². The Bertz CT molecular complexity index is 866. The molecule has 1 aromatic carbocycles. The van der Waals surface area contributed by atoms with Crippen molar-refractivity contribution < 1.29 is 14.6 Å². The first-order chi connectivity index (χ1) is 13.0. The molecular weight excluding hydrogens is 340 g/mol. The van der Waals surface area contributed by atoms with Gasteiger partial charge in [0.05, 0.1) is 18.2 Å². The zero-order valence-corrected chi connectivity index (χ0v) is 15.7. The molecule has 27 heavy (non-hydrogen) atoms. The summed E-state index contributed by atoms with van der Waals surface area (Å²) in [7, 11) is 0. The first-order valence-corrected chi connectivity index (χ1v) is 9.24. The molecular formula is C22H24N2O3. The molecule has 1 atom stereocenters. The molecule has 140 valence electrons. The van der Waals surface area contributed by atoms with Gasteiger partial charge in [0.15, 0.2) is 0 Å². The molecule has 0 fully saturated rings. The van der Waals surface area contributed by atoms with Gasteiger partial charge in [-0.2, -0.15) is 10.2 Å². The summed E-state index contributed by atoms with van der Waals surface area (Å²) < 4.78 is 5.76. The summed E-state index contributed by atoms with van der Waals surface area (Å²) in [6.45, 7) is 5.18. The van der Waals surface area contributed by atoms with Gasteiger partial charge in [-0.25, -0.2) is 0 Å². The number of hydrogen-bond acceptors (Lipinski definition) is 4. The van der Waals surface area contributed by atoms with Crippen molar-refractivity contribution >= 4 is 5.97 Å². The molecule has 0 bridgehead atoms. The van der Waals surface area contributed by atoms with Gasteiger partial charge in [-0.1, -0.05) is 25.7 Å². The first-order valence-electron chi connectivity index (χ1n) is 9.24. The van der Waals surface area contributed by atoms with Crippen LogP contribution in [0, 0.1) is 11.8 Å². The fourth-order valence-corrected chi connectivity index (χ4v) is 3.23. The predicted molar refractivity (Wildman–Crippen MR) is 103 cm³/mol. The van der Waals surface area contributed by atoms with E-state index in [-0.39, 0.29) is 17.8 Å². The third kappa shape index (κ3) is 4.85. The molecule has 0 saturated heterocycles. The van der Waals surface area contributed by atoms with E-state index in [1.165, 1.54) is 5.56 Å². The molecule has 0 radical (unpaired) electrons. The van der Waals surface area contributed by atoms with Crippen LogP contribution in [-0.4, -0.2) is 27.9 Å². The Balaban J connectivity index is 1.84. The third-order valence-corrected chi connectivity index (χ3v) is 4.92. The highest BCUT2D eigenvalue weighted by atomic mass is 16.5. The smallest absolute Gasteiger partial charge is 0.303 e. The Morgan fingerprint density at radius 2 is 2.22 bits per heavy atom.